The predicted molar refractivity (Wildman–Crippen MR) is 114 cm³/mol. The van der Waals surface area contributed by atoms with E-state index in [-0.39, 0.29) is 30.6 Å². The molecule has 37 heavy (non-hydrogen) atoms. The van der Waals surface area contributed by atoms with E-state index >= 15 is 0 Å². The molecule has 14 heteroatoms. The first-order valence-electron chi connectivity index (χ1n) is 11.0. The molecular formula is C23H21F7N4O3. The van der Waals surface area contributed by atoms with Crippen LogP contribution in [-0.2, 0) is 28.4 Å². The van der Waals surface area contributed by atoms with E-state index in [0.717, 1.165) is 0 Å². The van der Waals surface area contributed by atoms with Crippen LogP contribution in [0.2, 0.25) is 0 Å². The fraction of sp³-hybridized carbons (Fsp3) is 0.391. The maximum Gasteiger partial charge on any atom is 0.416 e. The number of hydrogen-bond donors (Lipinski definition) is 2. The van der Waals surface area contributed by atoms with Gasteiger partial charge in [-0.1, -0.05) is 12.1 Å². The SMILES string of the molecule is C[C@@H](OC1OCCN(Cc2n[nH]c(=O)[nH]2)[C@H]1c1ccc(F)cc1)c1cc(C(F)(F)F)cc(C(F)(F)F)c1. The number of hydrogen-bond acceptors (Lipinski definition) is 5. The van der Waals surface area contributed by atoms with Crippen molar-refractivity contribution in [3.05, 3.63) is 86.8 Å². The van der Waals surface area contributed by atoms with Crippen LogP contribution in [0.1, 0.15) is 47.1 Å². The van der Waals surface area contributed by atoms with Crippen LogP contribution in [0.25, 0.3) is 0 Å². The Morgan fingerprint density at radius 3 is 2.24 bits per heavy atom. The summed E-state index contributed by atoms with van der Waals surface area (Å²) in [5, 5.41) is 6.10. The zero-order valence-corrected chi connectivity index (χ0v) is 19.2. The second-order valence-corrected chi connectivity index (χ2v) is 8.45. The standard InChI is InChI=1S/C23H21F7N4O3/c1-12(14-8-15(22(25,26)27)10-16(9-14)23(28,29)30)37-20-19(13-2-4-17(24)5-3-13)34(6-7-36-20)11-18-31-21(35)33-32-18/h2-5,8-10,12,19-20H,6-7,11H2,1H3,(H2,31,32,33,35)/t12-,19+,20?/m1/s1. The van der Waals surface area contributed by atoms with E-state index in [9.17, 15) is 35.5 Å². The molecule has 1 aromatic heterocycles. The third-order valence-corrected chi connectivity index (χ3v) is 5.84. The quantitative estimate of drug-likeness (QED) is 0.438. The highest BCUT2D eigenvalue weighted by atomic mass is 19.4. The molecule has 0 saturated carbocycles. The predicted octanol–water partition coefficient (Wildman–Crippen LogP) is 4.95. The van der Waals surface area contributed by atoms with Gasteiger partial charge in [0.25, 0.3) is 0 Å². The van der Waals surface area contributed by atoms with Crippen molar-refractivity contribution in [2.45, 2.75) is 44.3 Å². The summed E-state index contributed by atoms with van der Waals surface area (Å²) in [4.78, 5) is 15.7. The average Bonchev–Trinajstić information content (AvgIpc) is 3.23. The smallest absolute Gasteiger partial charge is 0.349 e. The van der Waals surface area contributed by atoms with Crippen LogP contribution in [0, 0.1) is 5.82 Å². The van der Waals surface area contributed by atoms with Gasteiger partial charge in [-0.2, -0.15) is 31.4 Å². The van der Waals surface area contributed by atoms with E-state index < -0.39 is 53.4 Å². The maximum atomic E-state index is 13.6. The number of ether oxygens (including phenoxy) is 2. The number of nitrogens with one attached hydrogen (secondary N) is 2. The van der Waals surface area contributed by atoms with Crippen LogP contribution in [0.3, 0.4) is 0 Å². The summed E-state index contributed by atoms with van der Waals surface area (Å²) < 4.78 is 105. The minimum absolute atomic E-state index is 0.0427. The molecule has 1 fully saturated rings. The van der Waals surface area contributed by atoms with Gasteiger partial charge < -0.3 is 9.47 Å². The molecule has 4 rings (SSSR count). The van der Waals surface area contributed by atoms with Crippen LogP contribution < -0.4 is 5.69 Å². The third kappa shape index (κ3) is 6.37. The average molecular weight is 534 g/mol. The van der Waals surface area contributed by atoms with Crippen LogP contribution in [0.4, 0.5) is 30.7 Å². The summed E-state index contributed by atoms with van der Waals surface area (Å²) in [6.07, 6.45) is -12.4. The van der Waals surface area contributed by atoms with E-state index in [4.69, 9.17) is 9.47 Å². The van der Waals surface area contributed by atoms with E-state index in [1.165, 1.54) is 31.2 Å². The number of benzene rings is 2. The highest BCUT2D eigenvalue weighted by Gasteiger charge is 2.39. The zero-order valence-electron chi connectivity index (χ0n) is 19.2. The molecular weight excluding hydrogens is 513 g/mol. The molecule has 2 N–H and O–H groups in total. The Morgan fingerprint density at radius 2 is 1.70 bits per heavy atom. The van der Waals surface area contributed by atoms with E-state index in [1.807, 2.05) is 0 Å². The minimum atomic E-state index is -5.01. The Morgan fingerprint density at radius 1 is 1.08 bits per heavy atom. The van der Waals surface area contributed by atoms with Gasteiger partial charge in [0.2, 0.25) is 0 Å². The highest BCUT2D eigenvalue weighted by molar-refractivity contribution is 5.34. The lowest BCUT2D eigenvalue weighted by atomic mass is 10.0. The van der Waals surface area contributed by atoms with Crippen molar-refractivity contribution in [1.29, 1.82) is 0 Å². The summed E-state index contributed by atoms with van der Waals surface area (Å²) >= 11 is 0. The van der Waals surface area contributed by atoms with Crippen LogP contribution in [0.15, 0.2) is 47.3 Å². The Kier molecular flexibility index (Phi) is 7.44. The van der Waals surface area contributed by atoms with Gasteiger partial charge in [0.1, 0.15) is 11.6 Å². The fourth-order valence-electron chi connectivity index (χ4n) is 4.07. The largest absolute Gasteiger partial charge is 0.416 e. The van der Waals surface area contributed by atoms with Crippen molar-refractivity contribution >= 4 is 0 Å². The molecule has 0 bridgehead atoms. The number of nitrogens with zero attached hydrogens (tertiary/aromatic N) is 2. The van der Waals surface area contributed by atoms with E-state index in [1.54, 1.807) is 4.90 Å². The van der Waals surface area contributed by atoms with Gasteiger partial charge in [-0.05, 0) is 48.4 Å². The first kappa shape index (κ1) is 26.8. The summed E-state index contributed by atoms with van der Waals surface area (Å²) in [7, 11) is 0. The number of alkyl halides is 6. The lowest BCUT2D eigenvalue weighted by Crippen LogP contribution is -2.46. The summed E-state index contributed by atoms with van der Waals surface area (Å²) in [6, 6.07) is 5.79. The molecule has 7 nitrogen and oxygen atoms in total. The molecule has 1 aliphatic heterocycles. The third-order valence-electron chi connectivity index (χ3n) is 5.84. The number of aromatic nitrogens is 3. The number of halogens is 7. The van der Waals surface area contributed by atoms with E-state index in [2.05, 4.69) is 15.2 Å². The van der Waals surface area contributed by atoms with Gasteiger partial charge >= 0.3 is 18.0 Å². The molecule has 1 aliphatic rings. The number of morpholine rings is 1. The first-order valence-corrected chi connectivity index (χ1v) is 11.0. The van der Waals surface area contributed by atoms with Crippen LogP contribution >= 0.6 is 0 Å². The van der Waals surface area contributed by atoms with Crippen molar-refractivity contribution in [3.63, 3.8) is 0 Å². The van der Waals surface area contributed by atoms with Gasteiger partial charge in [-0.15, -0.1) is 0 Å². The van der Waals surface area contributed by atoms with Crippen molar-refractivity contribution in [2.75, 3.05) is 13.2 Å². The minimum Gasteiger partial charge on any atom is -0.349 e. The van der Waals surface area contributed by atoms with Gasteiger partial charge in [-0.3, -0.25) is 9.88 Å². The second-order valence-electron chi connectivity index (χ2n) is 8.45. The molecule has 1 unspecified atom stereocenters. The normalized spacial score (nSPS) is 20.2. The molecule has 3 atom stereocenters. The summed E-state index contributed by atoms with van der Waals surface area (Å²) in [5.41, 5.74) is -3.30. The molecule has 0 radical (unpaired) electrons. The topological polar surface area (TPSA) is 83.2 Å². The zero-order chi connectivity index (χ0) is 27.0. The number of H-pyrrole nitrogens is 2. The molecule has 2 aromatic carbocycles. The second kappa shape index (κ2) is 10.3. The molecule has 0 spiro atoms. The highest BCUT2D eigenvalue weighted by Crippen LogP contribution is 2.39. The van der Waals surface area contributed by atoms with Crippen LogP contribution in [0.5, 0.6) is 0 Å². The monoisotopic (exact) mass is 534 g/mol. The van der Waals surface area contributed by atoms with Crippen LogP contribution in [-0.4, -0.2) is 39.5 Å². The Bertz CT molecular complexity index is 1240. The van der Waals surface area contributed by atoms with Crippen molar-refractivity contribution in [1.82, 2.24) is 20.1 Å². The molecule has 0 aliphatic carbocycles. The van der Waals surface area contributed by atoms with Gasteiger partial charge in [0, 0.05) is 6.54 Å². The number of rotatable bonds is 6. The molecule has 3 aromatic rings. The molecule has 1 saturated heterocycles. The lowest BCUT2D eigenvalue weighted by Gasteiger charge is -2.41. The molecule has 0 amide bonds. The van der Waals surface area contributed by atoms with Gasteiger partial charge in [0.05, 0.1) is 36.4 Å². The van der Waals surface area contributed by atoms with Crippen molar-refractivity contribution < 1.29 is 40.2 Å². The van der Waals surface area contributed by atoms with Crippen molar-refractivity contribution in [2.24, 2.45) is 0 Å². The van der Waals surface area contributed by atoms with Gasteiger partial charge in [-0.25, -0.2) is 14.3 Å². The lowest BCUT2D eigenvalue weighted by molar-refractivity contribution is -0.231. The Hall–Kier alpha value is -3.23. The summed E-state index contributed by atoms with van der Waals surface area (Å²) in [5.74, 6) is -0.239. The maximum absolute atomic E-state index is 13.6. The Balaban J connectivity index is 1.66. The number of aromatic amines is 2. The molecule has 2 heterocycles. The molecule has 200 valence electrons. The Labute approximate surface area is 205 Å². The van der Waals surface area contributed by atoms with Crippen molar-refractivity contribution in [3.8, 4) is 0 Å². The van der Waals surface area contributed by atoms with Gasteiger partial charge in [0.15, 0.2) is 6.29 Å². The summed E-state index contributed by atoms with van der Waals surface area (Å²) in [6.45, 7) is 1.82. The van der Waals surface area contributed by atoms with E-state index in [0.29, 0.717) is 24.2 Å². The fourth-order valence-corrected chi connectivity index (χ4v) is 4.07. The first-order chi connectivity index (χ1) is 17.3.